The minimum absolute atomic E-state index is 0.00884. The van der Waals surface area contributed by atoms with Crippen molar-refractivity contribution in [3.05, 3.63) is 35.4 Å². The highest BCUT2D eigenvalue weighted by atomic mass is 32.2. The smallest absolute Gasteiger partial charge is 0.329 e. The molecule has 1 aromatic rings. The van der Waals surface area contributed by atoms with Crippen LogP contribution in [0.4, 0.5) is 0 Å². The molecule has 420 valence electrons. The maximum atomic E-state index is 13.2. The molecule has 12 nitrogen and oxygen atoms in total. The zero-order chi connectivity index (χ0) is 54.2. The van der Waals surface area contributed by atoms with Gasteiger partial charge in [0.25, 0.3) is 5.91 Å². The molecule has 0 bridgehead atoms. The first kappa shape index (κ1) is 67.4. The first-order valence-electron chi connectivity index (χ1n) is 28.8. The minimum Gasteiger partial charge on any atom is -0.461 e. The van der Waals surface area contributed by atoms with Crippen molar-refractivity contribution in [2.24, 2.45) is 0 Å². The number of thioether (sulfide) groups is 1. The van der Waals surface area contributed by atoms with E-state index in [0.717, 1.165) is 44.1 Å². The summed E-state index contributed by atoms with van der Waals surface area (Å²) in [6.07, 6.45) is 32.7. The molecule has 2 N–H and O–H groups in total. The van der Waals surface area contributed by atoms with Gasteiger partial charge in [0.2, 0.25) is 5.91 Å². The molecule has 0 heterocycles. The molecule has 1 unspecified atom stereocenters. The van der Waals surface area contributed by atoms with Crippen molar-refractivity contribution < 1.29 is 47.7 Å². The van der Waals surface area contributed by atoms with Gasteiger partial charge in [-0.05, 0) is 85.4 Å². The van der Waals surface area contributed by atoms with Crippen LogP contribution < -0.4 is 10.6 Å². The number of benzene rings is 1. The quantitative estimate of drug-likeness (QED) is 0.0363. The van der Waals surface area contributed by atoms with E-state index in [2.05, 4.69) is 24.5 Å². The Kier molecular flexibility index (Phi) is 37.6. The number of hydrogen-bond donors (Lipinski definition) is 2. The highest BCUT2D eigenvalue weighted by Gasteiger charge is 2.32. The summed E-state index contributed by atoms with van der Waals surface area (Å²) in [6, 6.07) is 5.61. The van der Waals surface area contributed by atoms with Gasteiger partial charge >= 0.3 is 23.9 Å². The number of ether oxygens (including phenoxy) is 4. The summed E-state index contributed by atoms with van der Waals surface area (Å²) >= 11 is 1.48. The molecule has 0 saturated carbocycles. The molecule has 0 saturated heterocycles. The summed E-state index contributed by atoms with van der Waals surface area (Å²) in [4.78, 5) is 77.6. The average molecular weight is 1050 g/mol. The highest BCUT2D eigenvalue weighted by Crippen LogP contribution is 2.23. The van der Waals surface area contributed by atoms with E-state index in [1.165, 1.54) is 140 Å². The lowest BCUT2D eigenvalue weighted by atomic mass is 10.0. The Hall–Kier alpha value is -3.61. The molecule has 1 aromatic carbocycles. The topological polar surface area (TPSA) is 163 Å². The fourth-order valence-electron chi connectivity index (χ4n) is 8.34. The lowest BCUT2D eigenvalue weighted by molar-refractivity contribution is -0.168. The third-order valence-corrected chi connectivity index (χ3v) is 13.8. The van der Waals surface area contributed by atoms with Crippen LogP contribution in [0.25, 0.3) is 0 Å². The van der Waals surface area contributed by atoms with Gasteiger partial charge in [-0.25, -0.2) is 4.79 Å². The molecule has 1 rings (SSSR count). The molecule has 2 atom stereocenters. The predicted molar refractivity (Wildman–Crippen MR) is 298 cm³/mol. The lowest BCUT2D eigenvalue weighted by Gasteiger charge is -2.29. The second-order valence-electron chi connectivity index (χ2n) is 22.5. The van der Waals surface area contributed by atoms with Crippen LogP contribution in [-0.4, -0.2) is 76.6 Å². The minimum atomic E-state index is -1.07. The fourth-order valence-corrected chi connectivity index (χ4v) is 9.39. The van der Waals surface area contributed by atoms with E-state index in [1.807, 2.05) is 6.92 Å². The van der Waals surface area contributed by atoms with Crippen LogP contribution in [0, 0.1) is 0 Å². The number of carbonyl (C=O) groups excluding carboxylic acids is 6. The van der Waals surface area contributed by atoms with Crippen molar-refractivity contribution >= 4 is 47.5 Å². The van der Waals surface area contributed by atoms with Gasteiger partial charge in [-0.15, -0.1) is 0 Å². The zero-order valence-corrected chi connectivity index (χ0v) is 48.4. The van der Waals surface area contributed by atoms with Gasteiger partial charge in [-0.2, -0.15) is 11.8 Å². The number of hydrogen-bond acceptors (Lipinski definition) is 11. The molecule has 0 fully saturated rings. The van der Waals surface area contributed by atoms with Gasteiger partial charge in [0.05, 0.1) is 0 Å². The molecular weight excluding hydrogens is 941 g/mol. The maximum Gasteiger partial charge on any atom is 0.329 e. The third-order valence-electron chi connectivity index (χ3n) is 12.5. The van der Waals surface area contributed by atoms with Gasteiger partial charge in [-0.3, -0.25) is 24.0 Å². The zero-order valence-electron chi connectivity index (χ0n) is 47.6. The number of amides is 2. The summed E-state index contributed by atoms with van der Waals surface area (Å²) in [5, 5.41) is 5.64. The van der Waals surface area contributed by atoms with Crippen molar-refractivity contribution in [3.8, 4) is 0 Å². The molecule has 2 amide bonds. The number of rotatable bonds is 44. The molecule has 0 aromatic heterocycles. The van der Waals surface area contributed by atoms with Crippen LogP contribution in [0.2, 0.25) is 0 Å². The van der Waals surface area contributed by atoms with Crippen LogP contribution in [0.3, 0.4) is 0 Å². The van der Waals surface area contributed by atoms with Crippen LogP contribution in [0.5, 0.6) is 0 Å². The van der Waals surface area contributed by atoms with Crippen molar-refractivity contribution in [1.29, 1.82) is 0 Å². The fraction of sp³-hybridized carbons (Fsp3) is 0.800. The molecule has 0 spiro atoms. The number of carbonyl (C=O) groups is 6. The number of unbranched alkanes of at least 4 members (excludes halogenated alkanes) is 24. The predicted octanol–water partition coefficient (Wildman–Crippen LogP) is 14.8. The van der Waals surface area contributed by atoms with Crippen LogP contribution in [0.15, 0.2) is 24.3 Å². The van der Waals surface area contributed by atoms with Crippen molar-refractivity contribution in [2.75, 3.05) is 18.1 Å². The SMILES string of the molecule is CCCCCCCCCCCCCCCC(=O)OCC(C)(CSCCC(=O)NCc1ccc(C(=O)N[C@@H](CCC(=O)OC(C)(C)C)C(=O)OC(C)(C)C)cc1)OC(=O)CCCCCCCCCCCCCCC. The van der Waals surface area contributed by atoms with E-state index in [9.17, 15) is 28.8 Å². The van der Waals surface area contributed by atoms with Crippen molar-refractivity contribution in [1.82, 2.24) is 10.6 Å². The first-order chi connectivity index (χ1) is 34.8. The maximum absolute atomic E-state index is 13.2. The second-order valence-corrected chi connectivity index (χ2v) is 23.6. The molecule has 0 aliphatic rings. The third kappa shape index (κ3) is 39.5. The van der Waals surface area contributed by atoms with E-state index in [-0.39, 0.29) is 50.3 Å². The monoisotopic (exact) mass is 1040 g/mol. The standard InChI is InChI=1S/C60H104N2O10S/c1-10-12-14-16-18-20-22-24-26-28-30-32-34-36-53(64)69-47-60(9,71-54(65)37-35-33-31-29-27-25-23-21-19-17-15-13-11-2)48-73-45-44-52(63)61-46-49-38-40-50(41-39-49)56(67)62-51(57(68)72-59(6,7)8)42-43-55(66)70-58(3,4)5/h38-41,51H,10-37,42-48H2,1-9H3,(H,61,63)(H,62,67)/t51-,60?/m0/s1. The Morgan fingerprint density at radius 1 is 0.507 bits per heavy atom. The van der Waals surface area contributed by atoms with Gasteiger partial charge < -0.3 is 29.6 Å². The summed E-state index contributed by atoms with van der Waals surface area (Å²) in [7, 11) is 0. The van der Waals surface area contributed by atoms with E-state index in [4.69, 9.17) is 18.9 Å². The first-order valence-corrected chi connectivity index (χ1v) is 30.0. The lowest BCUT2D eigenvalue weighted by Crippen LogP contribution is -2.44. The van der Waals surface area contributed by atoms with Crippen LogP contribution in [0.1, 0.15) is 277 Å². The average Bonchev–Trinajstić information content (AvgIpc) is 3.32. The van der Waals surface area contributed by atoms with Gasteiger partial charge in [0.15, 0.2) is 5.60 Å². The van der Waals surface area contributed by atoms with Crippen LogP contribution in [-0.2, 0) is 49.5 Å². The molecule has 0 aliphatic heterocycles. The van der Waals surface area contributed by atoms with E-state index < -0.39 is 40.7 Å². The molecule has 0 radical (unpaired) electrons. The normalized spacial score (nSPS) is 12.9. The van der Waals surface area contributed by atoms with Gasteiger partial charge in [-0.1, -0.05) is 180 Å². The Morgan fingerprint density at radius 3 is 1.38 bits per heavy atom. The summed E-state index contributed by atoms with van der Waals surface area (Å²) in [5.74, 6) is -1.53. The van der Waals surface area contributed by atoms with E-state index >= 15 is 0 Å². The Morgan fingerprint density at radius 2 is 0.932 bits per heavy atom. The summed E-state index contributed by atoms with van der Waals surface area (Å²) in [5.41, 5.74) is -1.43. The molecule has 13 heteroatoms. The number of esters is 4. The Labute approximate surface area is 448 Å². The Balaban J connectivity index is 2.65. The van der Waals surface area contributed by atoms with E-state index in [0.29, 0.717) is 29.9 Å². The van der Waals surface area contributed by atoms with Gasteiger partial charge in [0.1, 0.15) is 23.9 Å². The van der Waals surface area contributed by atoms with E-state index in [1.54, 1.807) is 65.8 Å². The summed E-state index contributed by atoms with van der Waals surface area (Å²) in [6.45, 7) is 17.0. The summed E-state index contributed by atoms with van der Waals surface area (Å²) < 4.78 is 22.7. The van der Waals surface area contributed by atoms with Gasteiger partial charge in [0, 0.05) is 49.3 Å². The molecule has 0 aliphatic carbocycles. The second kappa shape index (κ2) is 40.7. The largest absolute Gasteiger partial charge is 0.461 e. The highest BCUT2D eigenvalue weighted by molar-refractivity contribution is 7.99. The number of nitrogens with one attached hydrogen (secondary N) is 2. The molecular formula is C60H104N2O10S. The molecule has 73 heavy (non-hydrogen) atoms. The van der Waals surface area contributed by atoms with Crippen molar-refractivity contribution in [2.45, 2.75) is 291 Å². The van der Waals surface area contributed by atoms with Crippen molar-refractivity contribution in [3.63, 3.8) is 0 Å². The van der Waals surface area contributed by atoms with Crippen LogP contribution >= 0.6 is 11.8 Å². The Bertz CT molecular complexity index is 1660.